The van der Waals surface area contributed by atoms with Gasteiger partial charge in [0, 0.05) is 5.70 Å². The lowest BCUT2D eigenvalue weighted by Gasteiger charge is -2.32. The van der Waals surface area contributed by atoms with Crippen molar-refractivity contribution in [2.75, 3.05) is 6.54 Å². The van der Waals surface area contributed by atoms with Crippen LogP contribution in [-0.2, 0) is 9.47 Å². The zero-order valence-corrected chi connectivity index (χ0v) is 13.3. The number of carbonyl (C=O) groups excluding carboxylic acids is 2. The van der Waals surface area contributed by atoms with Gasteiger partial charge in [0.2, 0.25) is 0 Å². The molecule has 0 aromatic rings. The average Bonchev–Trinajstić information content (AvgIpc) is 2.54. The van der Waals surface area contributed by atoms with Crippen LogP contribution >= 0.6 is 0 Å². The van der Waals surface area contributed by atoms with Crippen LogP contribution in [0.1, 0.15) is 48.5 Å². The highest BCUT2D eigenvalue weighted by Crippen LogP contribution is 2.22. The van der Waals surface area contributed by atoms with Gasteiger partial charge < -0.3 is 9.47 Å². The van der Waals surface area contributed by atoms with E-state index >= 15 is 0 Å². The first-order chi connectivity index (χ1) is 8.91. The molecule has 1 heterocycles. The number of hydrazine groups is 1. The summed E-state index contributed by atoms with van der Waals surface area (Å²) in [4.78, 5) is 24.3. The molecular weight excluding hydrogens is 260 g/mol. The Morgan fingerprint density at radius 1 is 1.00 bits per heavy atom. The van der Waals surface area contributed by atoms with Crippen molar-refractivity contribution < 1.29 is 19.1 Å². The lowest BCUT2D eigenvalue weighted by atomic mass is 10.2. The van der Waals surface area contributed by atoms with Gasteiger partial charge in [-0.25, -0.2) is 14.6 Å². The number of hydrogen-bond acceptors (Lipinski definition) is 4. The molecule has 0 aromatic carbocycles. The molecule has 1 rings (SSSR count). The van der Waals surface area contributed by atoms with Crippen LogP contribution < -0.4 is 0 Å². The first-order valence-corrected chi connectivity index (χ1v) is 6.61. The van der Waals surface area contributed by atoms with Crippen molar-refractivity contribution in [2.24, 2.45) is 0 Å². The largest absolute Gasteiger partial charge is 0.442 e. The summed E-state index contributed by atoms with van der Waals surface area (Å²) in [5.41, 5.74) is -0.600. The van der Waals surface area contributed by atoms with Gasteiger partial charge in [-0.3, -0.25) is 0 Å². The van der Waals surface area contributed by atoms with E-state index in [1.807, 2.05) is 0 Å². The van der Waals surface area contributed by atoms with E-state index in [1.165, 1.54) is 10.0 Å². The minimum absolute atomic E-state index is 0.292. The molecule has 1 aliphatic heterocycles. The van der Waals surface area contributed by atoms with Crippen LogP contribution in [-0.4, -0.2) is 40.0 Å². The molecule has 0 bridgehead atoms. The maximum atomic E-state index is 12.2. The van der Waals surface area contributed by atoms with Crippen molar-refractivity contribution in [1.29, 1.82) is 0 Å². The Bertz CT molecular complexity index is 429. The summed E-state index contributed by atoms with van der Waals surface area (Å²) >= 11 is 0. The van der Waals surface area contributed by atoms with Crippen molar-refractivity contribution >= 4 is 12.2 Å². The van der Waals surface area contributed by atoms with E-state index in [2.05, 4.69) is 0 Å². The lowest BCUT2D eigenvalue weighted by Crippen LogP contribution is -2.48. The summed E-state index contributed by atoms with van der Waals surface area (Å²) in [6, 6.07) is 0. The third-order valence-electron chi connectivity index (χ3n) is 2.31. The molecule has 0 fully saturated rings. The van der Waals surface area contributed by atoms with E-state index in [9.17, 15) is 9.59 Å². The van der Waals surface area contributed by atoms with E-state index < -0.39 is 23.4 Å². The normalized spacial score (nSPS) is 16.1. The zero-order chi connectivity index (χ0) is 15.7. The minimum atomic E-state index is -0.625. The van der Waals surface area contributed by atoms with Crippen LogP contribution in [0.15, 0.2) is 11.8 Å². The molecule has 0 saturated carbocycles. The summed E-state index contributed by atoms with van der Waals surface area (Å²) in [7, 11) is 0. The van der Waals surface area contributed by atoms with Crippen LogP contribution in [0, 0.1) is 0 Å². The molecule has 0 spiro atoms. The smallest absolute Gasteiger partial charge is 0.434 e. The summed E-state index contributed by atoms with van der Waals surface area (Å²) in [6.07, 6.45) is 0.611. The van der Waals surface area contributed by atoms with E-state index in [4.69, 9.17) is 9.47 Å². The van der Waals surface area contributed by atoms with Gasteiger partial charge in [0.05, 0.1) is 6.54 Å². The van der Waals surface area contributed by atoms with Crippen LogP contribution in [0.3, 0.4) is 0 Å². The summed E-state index contributed by atoms with van der Waals surface area (Å²) in [5.74, 6) is 0. The standard InChI is InChI=1S/C14H24N2O4/c1-10-8-9-15(11(17)19-13(2,3)4)16(10)12(18)20-14(5,6)7/h8H,9H2,1-7H3. The molecule has 20 heavy (non-hydrogen) atoms. The molecule has 0 unspecified atom stereocenters. The Hall–Kier alpha value is -1.72. The van der Waals surface area contributed by atoms with E-state index in [-0.39, 0.29) is 0 Å². The Labute approximate surface area is 120 Å². The van der Waals surface area contributed by atoms with Gasteiger partial charge in [-0.15, -0.1) is 0 Å². The fourth-order valence-corrected chi connectivity index (χ4v) is 1.60. The molecule has 6 heteroatoms. The van der Waals surface area contributed by atoms with Crippen LogP contribution in [0.2, 0.25) is 0 Å². The Balaban J connectivity index is 2.83. The highest BCUT2D eigenvalue weighted by Gasteiger charge is 2.36. The fourth-order valence-electron chi connectivity index (χ4n) is 1.60. The highest BCUT2D eigenvalue weighted by atomic mass is 16.6. The number of carbonyl (C=O) groups is 2. The Morgan fingerprint density at radius 2 is 1.45 bits per heavy atom. The number of hydrogen-bond donors (Lipinski definition) is 0. The average molecular weight is 284 g/mol. The van der Waals surface area contributed by atoms with Crippen molar-refractivity contribution in [3.05, 3.63) is 11.8 Å². The molecule has 2 amide bonds. The summed E-state index contributed by atoms with van der Waals surface area (Å²) in [5, 5.41) is 2.44. The first-order valence-electron chi connectivity index (χ1n) is 6.61. The molecular formula is C14H24N2O4. The molecule has 1 aliphatic rings. The van der Waals surface area contributed by atoms with Gasteiger partial charge in [-0.2, -0.15) is 5.01 Å². The van der Waals surface area contributed by atoms with Crippen molar-refractivity contribution in [3.63, 3.8) is 0 Å². The predicted octanol–water partition coefficient (Wildman–Crippen LogP) is 3.29. The van der Waals surface area contributed by atoms with Crippen molar-refractivity contribution in [1.82, 2.24) is 10.0 Å². The Kier molecular flexibility index (Phi) is 4.36. The quantitative estimate of drug-likeness (QED) is 0.685. The van der Waals surface area contributed by atoms with Gasteiger partial charge >= 0.3 is 12.2 Å². The van der Waals surface area contributed by atoms with Gasteiger partial charge in [0.15, 0.2) is 0 Å². The second-order valence-electron chi connectivity index (χ2n) is 6.70. The third kappa shape index (κ3) is 4.43. The number of allylic oxidation sites excluding steroid dienone is 1. The van der Waals surface area contributed by atoms with Crippen LogP contribution in [0.4, 0.5) is 9.59 Å². The molecule has 0 saturated heterocycles. The van der Waals surface area contributed by atoms with Gasteiger partial charge in [0.25, 0.3) is 0 Å². The van der Waals surface area contributed by atoms with Crippen molar-refractivity contribution in [3.8, 4) is 0 Å². The second kappa shape index (κ2) is 5.34. The predicted molar refractivity (Wildman–Crippen MR) is 74.8 cm³/mol. The summed E-state index contributed by atoms with van der Waals surface area (Å²) in [6.45, 7) is 12.7. The zero-order valence-electron chi connectivity index (χ0n) is 13.3. The number of amides is 2. The van der Waals surface area contributed by atoms with Gasteiger partial charge in [-0.05, 0) is 54.5 Å². The Morgan fingerprint density at radius 3 is 1.90 bits per heavy atom. The lowest BCUT2D eigenvalue weighted by molar-refractivity contribution is -0.0385. The van der Waals surface area contributed by atoms with Crippen LogP contribution in [0.25, 0.3) is 0 Å². The molecule has 0 aromatic heterocycles. The second-order valence-corrected chi connectivity index (χ2v) is 6.70. The molecule has 6 nitrogen and oxygen atoms in total. The minimum Gasteiger partial charge on any atom is -0.442 e. The molecule has 0 atom stereocenters. The molecule has 114 valence electrons. The molecule has 0 N–H and O–H groups in total. The van der Waals surface area contributed by atoms with Crippen molar-refractivity contribution in [2.45, 2.75) is 59.7 Å². The highest BCUT2D eigenvalue weighted by molar-refractivity contribution is 5.77. The first kappa shape index (κ1) is 16.3. The maximum Gasteiger partial charge on any atom is 0.434 e. The third-order valence-corrected chi connectivity index (χ3v) is 2.31. The van der Waals surface area contributed by atoms with Gasteiger partial charge in [0.1, 0.15) is 11.2 Å². The topological polar surface area (TPSA) is 59.1 Å². The summed E-state index contributed by atoms with van der Waals surface area (Å²) < 4.78 is 10.6. The molecule has 0 aliphatic carbocycles. The van der Waals surface area contributed by atoms with Crippen LogP contribution in [0.5, 0.6) is 0 Å². The van der Waals surface area contributed by atoms with E-state index in [0.717, 1.165) is 0 Å². The van der Waals surface area contributed by atoms with Gasteiger partial charge in [-0.1, -0.05) is 0 Å². The van der Waals surface area contributed by atoms with E-state index in [1.54, 1.807) is 54.5 Å². The maximum absolute atomic E-state index is 12.2. The SMILES string of the molecule is CC1=CCN(C(=O)OC(C)(C)C)N1C(=O)OC(C)(C)C. The number of nitrogens with zero attached hydrogens (tertiary/aromatic N) is 2. The van der Waals surface area contributed by atoms with E-state index in [0.29, 0.717) is 12.2 Å². The number of rotatable bonds is 0. The molecule has 0 radical (unpaired) electrons. The monoisotopic (exact) mass is 284 g/mol. The fraction of sp³-hybridized carbons (Fsp3) is 0.714. The number of ether oxygens (including phenoxy) is 2.